The number of methoxy groups -OCH3 is 2. The third kappa shape index (κ3) is 6.36. The summed E-state index contributed by atoms with van der Waals surface area (Å²) in [6.45, 7) is 1.59. The summed E-state index contributed by atoms with van der Waals surface area (Å²) >= 11 is 6.07. The molecule has 0 spiro atoms. The SMILES string of the molecule is COc1ccc(OC)c(NC(=O)C(=O)NN=C(C)c2ccccc2OC(=O)c2ccccc2Cl)c1. The van der Waals surface area contributed by atoms with Crippen LogP contribution < -0.4 is 25.0 Å². The number of esters is 1. The van der Waals surface area contributed by atoms with Crippen molar-refractivity contribution in [1.82, 2.24) is 5.43 Å². The summed E-state index contributed by atoms with van der Waals surface area (Å²) in [5, 5.41) is 6.68. The molecule has 3 aromatic rings. The van der Waals surface area contributed by atoms with E-state index in [0.717, 1.165) is 0 Å². The Balaban J connectivity index is 1.71. The molecule has 0 bridgehead atoms. The maximum atomic E-state index is 12.5. The number of rotatable bonds is 7. The molecule has 0 aliphatic heterocycles. The van der Waals surface area contributed by atoms with E-state index < -0.39 is 17.8 Å². The van der Waals surface area contributed by atoms with Crippen molar-refractivity contribution < 1.29 is 28.6 Å². The third-order valence-electron chi connectivity index (χ3n) is 4.76. The van der Waals surface area contributed by atoms with Gasteiger partial charge in [-0.15, -0.1) is 0 Å². The Kier molecular flexibility index (Phi) is 8.42. The first kappa shape index (κ1) is 25.3. The summed E-state index contributed by atoms with van der Waals surface area (Å²) in [6.07, 6.45) is 0. The Labute approximate surface area is 206 Å². The van der Waals surface area contributed by atoms with E-state index in [4.69, 9.17) is 25.8 Å². The van der Waals surface area contributed by atoms with Crippen LogP contribution in [0.4, 0.5) is 5.69 Å². The van der Waals surface area contributed by atoms with Crippen LogP contribution in [0.3, 0.4) is 0 Å². The maximum absolute atomic E-state index is 12.5. The van der Waals surface area contributed by atoms with Crippen molar-refractivity contribution in [1.29, 1.82) is 0 Å². The van der Waals surface area contributed by atoms with Gasteiger partial charge in [-0.25, -0.2) is 10.2 Å². The molecule has 0 saturated heterocycles. The molecule has 0 heterocycles. The monoisotopic (exact) mass is 495 g/mol. The van der Waals surface area contributed by atoms with Crippen molar-refractivity contribution in [3.05, 3.63) is 82.9 Å². The number of nitrogens with zero attached hydrogens (tertiary/aromatic N) is 1. The molecule has 0 fully saturated rings. The molecule has 0 radical (unpaired) electrons. The molecule has 35 heavy (non-hydrogen) atoms. The first-order valence-electron chi connectivity index (χ1n) is 10.3. The average molecular weight is 496 g/mol. The summed E-state index contributed by atoms with van der Waals surface area (Å²) in [7, 11) is 2.91. The van der Waals surface area contributed by atoms with E-state index in [1.165, 1.54) is 20.3 Å². The Bertz CT molecular complexity index is 1290. The third-order valence-corrected chi connectivity index (χ3v) is 5.09. The summed E-state index contributed by atoms with van der Waals surface area (Å²) < 4.78 is 15.8. The first-order valence-corrected chi connectivity index (χ1v) is 10.7. The molecule has 0 aliphatic carbocycles. The number of hydrogen-bond acceptors (Lipinski definition) is 7. The normalized spacial score (nSPS) is 10.8. The van der Waals surface area contributed by atoms with Gasteiger partial charge in [0.05, 0.1) is 36.2 Å². The molecule has 180 valence electrons. The molecular formula is C25H22ClN3O6. The highest BCUT2D eigenvalue weighted by molar-refractivity contribution is 6.39. The van der Waals surface area contributed by atoms with E-state index in [-0.39, 0.29) is 22.0 Å². The topological polar surface area (TPSA) is 115 Å². The first-order chi connectivity index (χ1) is 16.8. The van der Waals surface area contributed by atoms with Gasteiger partial charge in [-0.2, -0.15) is 5.10 Å². The number of para-hydroxylation sites is 1. The lowest BCUT2D eigenvalue weighted by Gasteiger charge is -2.12. The zero-order valence-electron chi connectivity index (χ0n) is 19.1. The molecular weight excluding hydrogens is 474 g/mol. The molecule has 0 atom stereocenters. The van der Waals surface area contributed by atoms with E-state index in [9.17, 15) is 14.4 Å². The lowest BCUT2D eigenvalue weighted by Crippen LogP contribution is -2.33. The smallest absolute Gasteiger partial charge is 0.345 e. The van der Waals surface area contributed by atoms with Gasteiger partial charge in [-0.1, -0.05) is 35.9 Å². The fourth-order valence-electron chi connectivity index (χ4n) is 2.97. The minimum atomic E-state index is -1.01. The largest absolute Gasteiger partial charge is 0.497 e. The van der Waals surface area contributed by atoms with Crippen LogP contribution in [-0.4, -0.2) is 37.7 Å². The zero-order chi connectivity index (χ0) is 25.4. The van der Waals surface area contributed by atoms with Crippen molar-refractivity contribution in [3.8, 4) is 17.2 Å². The molecule has 10 heteroatoms. The highest BCUT2D eigenvalue weighted by atomic mass is 35.5. The van der Waals surface area contributed by atoms with Crippen LogP contribution in [0.1, 0.15) is 22.8 Å². The number of carbonyl (C=O) groups is 3. The average Bonchev–Trinajstić information content (AvgIpc) is 2.87. The van der Waals surface area contributed by atoms with Gasteiger partial charge in [-0.05, 0) is 43.3 Å². The number of hydrazone groups is 1. The number of hydrogen-bond donors (Lipinski definition) is 2. The maximum Gasteiger partial charge on any atom is 0.345 e. The highest BCUT2D eigenvalue weighted by Crippen LogP contribution is 2.29. The number of ether oxygens (including phenoxy) is 3. The number of halogens is 1. The van der Waals surface area contributed by atoms with Gasteiger partial charge in [0.1, 0.15) is 17.2 Å². The van der Waals surface area contributed by atoms with Gasteiger partial charge in [0.25, 0.3) is 0 Å². The van der Waals surface area contributed by atoms with E-state index in [0.29, 0.717) is 22.8 Å². The summed E-state index contributed by atoms with van der Waals surface area (Å²) in [4.78, 5) is 37.2. The van der Waals surface area contributed by atoms with Crippen LogP contribution in [0.2, 0.25) is 5.02 Å². The fraction of sp³-hybridized carbons (Fsp3) is 0.120. The number of nitrogens with one attached hydrogen (secondary N) is 2. The quantitative estimate of drug-likeness (QED) is 0.168. The van der Waals surface area contributed by atoms with Crippen molar-refractivity contribution in [2.45, 2.75) is 6.92 Å². The van der Waals surface area contributed by atoms with Crippen molar-refractivity contribution in [2.24, 2.45) is 5.10 Å². The second kappa shape index (κ2) is 11.7. The molecule has 0 aliphatic rings. The second-order valence-corrected chi connectivity index (χ2v) is 7.43. The molecule has 3 aromatic carbocycles. The van der Waals surface area contributed by atoms with E-state index >= 15 is 0 Å². The second-order valence-electron chi connectivity index (χ2n) is 7.02. The van der Waals surface area contributed by atoms with Gasteiger partial charge in [0.2, 0.25) is 0 Å². The minimum absolute atomic E-state index is 0.205. The van der Waals surface area contributed by atoms with Crippen LogP contribution >= 0.6 is 11.6 Å². The lowest BCUT2D eigenvalue weighted by atomic mass is 10.1. The minimum Gasteiger partial charge on any atom is -0.497 e. The van der Waals surface area contributed by atoms with E-state index in [1.54, 1.807) is 67.6 Å². The van der Waals surface area contributed by atoms with Crippen LogP contribution in [0.15, 0.2) is 71.8 Å². The molecule has 2 amide bonds. The van der Waals surface area contributed by atoms with Crippen LogP contribution in [0, 0.1) is 0 Å². The van der Waals surface area contributed by atoms with Crippen LogP contribution in [-0.2, 0) is 9.59 Å². The fourth-order valence-corrected chi connectivity index (χ4v) is 3.19. The highest BCUT2D eigenvalue weighted by Gasteiger charge is 2.18. The zero-order valence-corrected chi connectivity index (χ0v) is 19.9. The van der Waals surface area contributed by atoms with Crippen molar-refractivity contribution in [2.75, 3.05) is 19.5 Å². The van der Waals surface area contributed by atoms with E-state index in [1.807, 2.05) is 0 Å². The summed E-state index contributed by atoms with van der Waals surface area (Å²) in [5.74, 6) is -1.60. The molecule has 0 saturated carbocycles. The molecule has 0 unspecified atom stereocenters. The Morgan fingerprint density at radius 3 is 2.20 bits per heavy atom. The molecule has 2 N–H and O–H groups in total. The predicted molar refractivity (Wildman–Crippen MR) is 131 cm³/mol. The van der Waals surface area contributed by atoms with Gasteiger partial charge >= 0.3 is 17.8 Å². The Morgan fingerprint density at radius 1 is 0.829 bits per heavy atom. The molecule has 0 aromatic heterocycles. The van der Waals surface area contributed by atoms with Gasteiger partial charge < -0.3 is 19.5 Å². The van der Waals surface area contributed by atoms with Crippen molar-refractivity contribution >= 4 is 40.8 Å². The van der Waals surface area contributed by atoms with Gasteiger partial charge in [0.15, 0.2) is 0 Å². The lowest BCUT2D eigenvalue weighted by molar-refractivity contribution is -0.136. The number of amides is 2. The summed E-state index contributed by atoms with van der Waals surface area (Å²) in [5.41, 5.74) is 3.38. The standard InChI is InChI=1S/C25H22ClN3O6/c1-15(17-8-5-7-11-21(17)35-25(32)18-9-4-6-10-19(18)26)28-29-24(31)23(30)27-20-14-16(33-2)12-13-22(20)34-3/h4-14H,1-3H3,(H,27,30)(H,29,31). The van der Waals surface area contributed by atoms with Gasteiger partial charge in [0, 0.05) is 11.6 Å². The molecule has 9 nitrogen and oxygen atoms in total. The number of carbonyl (C=O) groups excluding carboxylic acids is 3. The van der Waals surface area contributed by atoms with Gasteiger partial charge in [-0.3, -0.25) is 9.59 Å². The Hall–Kier alpha value is -4.37. The van der Waals surface area contributed by atoms with Crippen LogP contribution in [0.5, 0.6) is 17.2 Å². The number of anilines is 1. The predicted octanol–water partition coefficient (Wildman–Crippen LogP) is 4.06. The van der Waals surface area contributed by atoms with Crippen LogP contribution in [0.25, 0.3) is 0 Å². The summed E-state index contributed by atoms with van der Waals surface area (Å²) in [6, 6.07) is 17.9. The Morgan fingerprint density at radius 2 is 1.51 bits per heavy atom. The van der Waals surface area contributed by atoms with Crippen molar-refractivity contribution in [3.63, 3.8) is 0 Å². The number of benzene rings is 3. The molecule has 3 rings (SSSR count). The van der Waals surface area contributed by atoms with E-state index in [2.05, 4.69) is 15.8 Å².